The molecule has 0 atom stereocenters. The van der Waals surface area contributed by atoms with Crippen LogP contribution < -0.4 is 10.1 Å². The molecular formula is C21H16BrClN2O6S. The molecule has 2 aromatic rings. The van der Waals surface area contributed by atoms with Gasteiger partial charge >= 0.3 is 5.97 Å². The average molecular weight is 540 g/mol. The van der Waals surface area contributed by atoms with E-state index < -0.39 is 36.2 Å². The summed E-state index contributed by atoms with van der Waals surface area (Å²) in [5.41, 5.74) is 1.67. The van der Waals surface area contributed by atoms with Crippen LogP contribution in [0.2, 0.25) is 5.02 Å². The molecule has 1 aliphatic heterocycles. The Kier molecular flexibility index (Phi) is 7.60. The molecule has 8 nitrogen and oxygen atoms in total. The quantitative estimate of drug-likeness (QED) is 0.496. The van der Waals surface area contributed by atoms with Crippen LogP contribution in [-0.2, 0) is 14.4 Å². The van der Waals surface area contributed by atoms with Crippen molar-refractivity contribution in [2.24, 2.45) is 0 Å². The second-order valence-corrected chi connectivity index (χ2v) is 8.99. The summed E-state index contributed by atoms with van der Waals surface area (Å²) < 4.78 is 5.91. The number of aliphatic carboxylic acids is 1. The van der Waals surface area contributed by atoms with Crippen LogP contribution in [0.25, 0.3) is 6.08 Å². The normalized spacial score (nSPS) is 14.7. The fourth-order valence-electron chi connectivity index (χ4n) is 2.74. The van der Waals surface area contributed by atoms with Crippen LogP contribution in [0.3, 0.4) is 0 Å². The number of nitrogens with one attached hydrogen (secondary N) is 1. The standard InChI is InChI=1S/C21H16BrClN2O6S/c1-11-2-4-14(23)8-15(11)24-18(26)9-25-20(29)17(32-21(25)30)7-12-6-13(22)3-5-16(12)31-10-19(27)28/h2-8H,9-10H2,1H3,(H,24,26)(H,27,28)/b17-7+. The highest BCUT2D eigenvalue weighted by atomic mass is 79.9. The minimum absolute atomic E-state index is 0.0833. The molecule has 11 heteroatoms. The molecule has 0 radical (unpaired) electrons. The van der Waals surface area contributed by atoms with E-state index in [1.165, 1.54) is 6.08 Å². The monoisotopic (exact) mass is 538 g/mol. The molecule has 0 aliphatic carbocycles. The third-order valence-corrected chi connectivity index (χ3v) is 5.89. The van der Waals surface area contributed by atoms with Crippen molar-refractivity contribution < 1.29 is 29.0 Å². The number of halogens is 2. The molecular weight excluding hydrogens is 524 g/mol. The van der Waals surface area contributed by atoms with Crippen LogP contribution in [0.15, 0.2) is 45.8 Å². The van der Waals surface area contributed by atoms with Crippen LogP contribution >= 0.6 is 39.3 Å². The molecule has 0 aromatic heterocycles. The first-order chi connectivity index (χ1) is 15.1. The number of nitrogens with zero attached hydrogens (tertiary/aromatic N) is 1. The van der Waals surface area contributed by atoms with Crippen molar-refractivity contribution in [2.75, 3.05) is 18.5 Å². The number of amides is 3. The maximum atomic E-state index is 12.8. The van der Waals surface area contributed by atoms with Crippen molar-refractivity contribution in [3.05, 3.63) is 61.9 Å². The lowest BCUT2D eigenvalue weighted by molar-refractivity contribution is -0.139. The number of thioether (sulfide) groups is 1. The van der Waals surface area contributed by atoms with Gasteiger partial charge in [0, 0.05) is 20.7 Å². The number of hydrogen-bond acceptors (Lipinski definition) is 6. The minimum atomic E-state index is -1.15. The summed E-state index contributed by atoms with van der Waals surface area (Å²) in [6.07, 6.45) is 1.42. The number of benzene rings is 2. The molecule has 2 aromatic carbocycles. The van der Waals surface area contributed by atoms with Crippen molar-refractivity contribution in [1.82, 2.24) is 4.90 Å². The van der Waals surface area contributed by atoms with E-state index >= 15 is 0 Å². The van der Waals surface area contributed by atoms with Crippen LogP contribution in [0.1, 0.15) is 11.1 Å². The molecule has 3 amide bonds. The van der Waals surface area contributed by atoms with Gasteiger partial charge in [-0.1, -0.05) is 33.6 Å². The van der Waals surface area contributed by atoms with Gasteiger partial charge in [-0.25, -0.2) is 4.79 Å². The number of carboxylic acids is 1. The maximum absolute atomic E-state index is 12.8. The van der Waals surface area contributed by atoms with Gasteiger partial charge in [-0.2, -0.15) is 0 Å². The van der Waals surface area contributed by atoms with E-state index in [4.69, 9.17) is 21.4 Å². The summed E-state index contributed by atoms with van der Waals surface area (Å²) in [6, 6.07) is 9.83. The molecule has 1 heterocycles. The van der Waals surface area contributed by atoms with E-state index in [0.717, 1.165) is 10.5 Å². The van der Waals surface area contributed by atoms with Gasteiger partial charge in [0.05, 0.1) is 4.91 Å². The molecule has 3 rings (SSSR count). The van der Waals surface area contributed by atoms with Crippen molar-refractivity contribution in [2.45, 2.75) is 6.92 Å². The summed E-state index contributed by atoms with van der Waals surface area (Å²) in [7, 11) is 0. The van der Waals surface area contributed by atoms with Gasteiger partial charge in [0.2, 0.25) is 5.91 Å². The number of imide groups is 1. The number of carbonyl (C=O) groups excluding carboxylic acids is 3. The zero-order valence-electron chi connectivity index (χ0n) is 16.6. The fourth-order valence-corrected chi connectivity index (χ4v) is 4.12. The third kappa shape index (κ3) is 5.90. The molecule has 0 unspecified atom stereocenters. The van der Waals surface area contributed by atoms with E-state index in [0.29, 0.717) is 32.5 Å². The van der Waals surface area contributed by atoms with Crippen molar-refractivity contribution >= 4 is 74.1 Å². The molecule has 2 N–H and O–H groups in total. The molecule has 1 aliphatic rings. The van der Waals surface area contributed by atoms with Crippen molar-refractivity contribution in [3.8, 4) is 5.75 Å². The van der Waals surface area contributed by atoms with Crippen LogP contribution in [0.4, 0.5) is 10.5 Å². The molecule has 0 saturated carbocycles. The van der Waals surface area contributed by atoms with Gasteiger partial charge in [-0.15, -0.1) is 0 Å². The molecule has 166 valence electrons. The highest BCUT2D eigenvalue weighted by molar-refractivity contribution is 9.10. The predicted octanol–water partition coefficient (Wildman–Crippen LogP) is 4.55. The zero-order chi connectivity index (χ0) is 23.4. The number of rotatable bonds is 7. The summed E-state index contributed by atoms with van der Waals surface area (Å²) in [5, 5.41) is 11.3. The second-order valence-electron chi connectivity index (χ2n) is 6.64. The number of ether oxygens (including phenoxy) is 1. The second kappa shape index (κ2) is 10.2. The lowest BCUT2D eigenvalue weighted by Crippen LogP contribution is -2.36. The van der Waals surface area contributed by atoms with Gasteiger partial charge in [0.25, 0.3) is 11.1 Å². The first-order valence-corrected chi connectivity index (χ1v) is 11.1. The van der Waals surface area contributed by atoms with E-state index in [2.05, 4.69) is 21.2 Å². The summed E-state index contributed by atoms with van der Waals surface area (Å²) in [4.78, 5) is 49.3. The number of carboxylic acid groups (broad SMARTS) is 1. The van der Waals surface area contributed by atoms with Gasteiger partial charge in [-0.3, -0.25) is 19.3 Å². The summed E-state index contributed by atoms with van der Waals surface area (Å²) >= 11 is 9.94. The highest BCUT2D eigenvalue weighted by Crippen LogP contribution is 2.35. The SMILES string of the molecule is Cc1ccc(Cl)cc1NC(=O)CN1C(=O)S/C(=C/c2cc(Br)ccc2OCC(=O)O)C1=O. The average Bonchev–Trinajstić information content (AvgIpc) is 2.97. The van der Waals surface area contributed by atoms with Gasteiger partial charge in [0.1, 0.15) is 12.3 Å². The lowest BCUT2D eigenvalue weighted by atomic mass is 10.2. The Morgan fingerprint density at radius 3 is 2.72 bits per heavy atom. The van der Waals surface area contributed by atoms with E-state index in [-0.39, 0.29) is 10.7 Å². The van der Waals surface area contributed by atoms with Crippen LogP contribution in [0.5, 0.6) is 5.75 Å². The Labute approximate surface area is 200 Å². The molecule has 1 fully saturated rings. The Morgan fingerprint density at radius 2 is 2.00 bits per heavy atom. The van der Waals surface area contributed by atoms with Gasteiger partial charge < -0.3 is 15.2 Å². The predicted molar refractivity (Wildman–Crippen MR) is 125 cm³/mol. The smallest absolute Gasteiger partial charge is 0.341 e. The van der Waals surface area contributed by atoms with Crippen LogP contribution in [-0.4, -0.2) is 46.2 Å². The highest BCUT2D eigenvalue weighted by Gasteiger charge is 2.36. The van der Waals surface area contributed by atoms with Gasteiger partial charge in [-0.05, 0) is 60.7 Å². The number of anilines is 1. The molecule has 32 heavy (non-hydrogen) atoms. The largest absolute Gasteiger partial charge is 0.481 e. The Balaban J connectivity index is 1.76. The summed E-state index contributed by atoms with van der Waals surface area (Å²) in [5.74, 6) is -2.11. The zero-order valence-corrected chi connectivity index (χ0v) is 19.7. The van der Waals surface area contributed by atoms with E-state index in [1.807, 2.05) is 0 Å². The van der Waals surface area contributed by atoms with Crippen molar-refractivity contribution in [3.63, 3.8) is 0 Å². The Hall–Kier alpha value is -2.82. The number of carbonyl (C=O) groups is 4. The number of hydrogen-bond donors (Lipinski definition) is 2. The lowest BCUT2D eigenvalue weighted by Gasteiger charge is -2.14. The van der Waals surface area contributed by atoms with Crippen molar-refractivity contribution in [1.29, 1.82) is 0 Å². The van der Waals surface area contributed by atoms with Gasteiger partial charge in [0.15, 0.2) is 6.61 Å². The maximum Gasteiger partial charge on any atom is 0.341 e. The number of aryl methyl sites for hydroxylation is 1. The Morgan fingerprint density at radius 1 is 1.25 bits per heavy atom. The molecule has 0 spiro atoms. The van der Waals surface area contributed by atoms with Crippen LogP contribution in [0, 0.1) is 6.92 Å². The Bertz CT molecular complexity index is 1150. The first-order valence-electron chi connectivity index (χ1n) is 9.09. The molecule has 0 bridgehead atoms. The summed E-state index contributed by atoms with van der Waals surface area (Å²) in [6.45, 7) is 0.763. The molecule has 1 saturated heterocycles. The van der Waals surface area contributed by atoms with E-state index in [9.17, 15) is 19.2 Å². The first kappa shape index (κ1) is 23.8. The van der Waals surface area contributed by atoms with E-state index in [1.54, 1.807) is 43.3 Å². The topological polar surface area (TPSA) is 113 Å². The minimum Gasteiger partial charge on any atom is -0.481 e. The fraction of sp³-hybridized carbons (Fsp3) is 0.143. The third-order valence-electron chi connectivity index (χ3n) is 4.26.